The molecule has 0 atom stereocenters. The molecule has 0 fully saturated rings. The van der Waals surface area contributed by atoms with Crippen LogP contribution < -0.4 is 10.2 Å². The third kappa shape index (κ3) is 4.67. The zero-order chi connectivity index (χ0) is 11.8. The lowest BCUT2D eigenvalue weighted by Gasteiger charge is -2.12. The van der Waals surface area contributed by atoms with E-state index < -0.39 is 0 Å². The fourth-order valence-corrected chi connectivity index (χ4v) is 1.74. The molecule has 0 amide bonds. The van der Waals surface area contributed by atoms with Crippen molar-refractivity contribution in [1.82, 2.24) is 0 Å². The molecule has 1 aromatic carbocycles. The smallest absolute Gasteiger partial charge is 0.101 e. The Morgan fingerprint density at radius 1 is 1.06 bits per heavy atom. The molecular weight excluding hydrogens is 196 g/mol. The van der Waals surface area contributed by atoms with Gasteiger partial charge in [-0.3, -0.25) is 0 Å². The molecule has 2 N–H and O–H groups in total. The van der Waals surface area contributed by atoms with Gasteiger partial charge in [-0.1, -0.05) is 25.5 Å². The van der Waals surface area contributed by atoms with E-state index in [9.17, 15) is 0 Å². The minimum absolute atomic E-state index is 1.11. The highest BCUT2D eigenvalue weighted by Gasteiger charge is 1.97. The van der Waals surface area contributed by atoms with Crippen LogP contribution in [-0.4, -0.2) is 20.6 Å². The average Bonchev–Trinajstić information content (AvgIpc) is 2.29. The van der Waals surface area contributed by atoms with Gasteiger partial charge in [0.1, 0.15) is 6.54 Å². The maximum Gasteiger partial charge on any atom is 0.101 e. The molecule has 0 aliphatic carbocycles. The topological polar surface area (TPSA) is 19.9 Å². The summed E-state index contributed by atoms with van der Waals surface area (Å²) in [6.45, 7) is 4.61. The molecule has 1 rings (SSSR count). The van der Waals surface area contributed by atoms with E-state index in [0.29, 0.717) is 0 Å². The van der Waals surface area contributed by atoms with Gasteiger partial charge in [0.25, 0.3) is 0 Å². The number of rotatable bonds is 7. The second kappa shape index (κ2) is 7.29. The molecule has 0 aliphatic heterocycles. The van der Waals surface area contributed by atoms with E-state index in [1.165, 1.54) is 37.1 Å². The fourth-order valence-electron chi connectivity index (χ4n) is 1.74. The van der Waals surface area contributed by atoms with Gasteiger partial charge in [-0.2, -0.15) is 0 Å². The van der Waals surface area contributed by atoms with E-state index in [0.717, 1.165) is 6.54 Å². The van der Waals surface area contributed by atoms with Crippen molar-refractivity contribution in [1.29, 1.82) is 0 Å². The predicted octanol–water partition coefficient (Wildman–Crippen LogP) is 2.01. The molecule has 0 aromatic heterocycles. The summed E-state index contributed by atoms with van der Waals surface area (Å²) in [4.78, 5) is 2.13. The van der Waals surface area contributed by atoms with E-state index >= 15 is 0 Å². The number of nitrogens with two attached hydrogens (primary N) is 1. The van der Waals surface area contributed by atoms with E-state index in [2.05, 4.69) is 55.5 Å². The van der Waals surface area contributed by atoms with E-state index in [1.807, 2.05) is 0 Å². The first-order valence-corrected chi connectivity index (χ1v) is 6.32. The molecular formula is C14H25N2+. The van der Waals surface area contributed by atoms with E-state index in [1.54, 1.807) is 0 Å². The standard InChI is InChI=1S/C14H24N2/c1-4-5-6-11-15-12-13-7-9-14(10-8-13)16(2)3/h7-10,15H,4-6,11-12H2,1-3H3/p+1. The van der Waals surface area contributed by atoms with Gasteiger partial charge in [0.05, 0.1) is 6.54 Å². The monoisotopic (exact) mass is 221 g/mol. The van der Waals surface area contributed by atoms with Crippen molar-refractivity contribution >= 4 is 5.69 Å². The first-order chi connectivity index (χ1) is 7.74. The van der Waals surface area contributed by atoms with E-state index in [4.69, 9.17) is 0 Å². The van der Waals surface area contributed by atoms with E-state index in [-0.39, 0.29) is 0 Å². The number of quaternary nitrogens is 1. The van der Waals surface area contributed by atoms with Crippen molar-refractivity contribution < 1.29 is 5.32 Å². The highest BCUT2D eigenvalue weighted by molar-refractivity contribution is 5.45. The largest absolute Gasteiger partial charge is 0.378 e. The van der Waals surface area contributed by atoms with Gasteiger partial charge in [0.15, 0.2) is 0 Å². The zero-order valence-corrected chi connectivity index (χ0v) is 10.9. The van der Waals surface area contributed by atoms with Gasteiger partial charge >= 0.3 is 0 Å². The Balaban J connectivity index is 2.27. The van der Waals surface area contributed by atoms with Gasteiger partial charge in [-0.15, -0.1) is 0 Å². The van der Waals surface area contributed by atoms with Crippen molar-refractivity contribution in [3.8, 4) is 0 Å². The molecule has 0 spiro atoms. The van der Waals surface area contributed by atoms with Crippen LogP contribution in [0.25, 0.3) is 0 Å². The molecule has 90 valence electrons. The molecule has 0 bridgehead atoms. The maximum absolute atomic E-state index is 2.40. The maximum atomic E-state index is 2.40. The van der Waals surface area contributed by atoms with Gasteiger partial charge in [0.2, 0.25) is 0 Å². The minimum Gasteiger partial charge on any atom is -0.378 e. The molecule has 0 saturated heterocycles. The summed E-state index contributed by atoms with van der Waals surface area (Å²) in [5, 5.41) is 2.40. The van der Waals surface area contributed by atoms with Gasteiger partial charge in [0, 0.05) is 25.3 Å². The summed E-state index contributed by atoms with van der Waals surface area (Å²) in [5.74, 6) is 0. The average molecular weight is 221 g/mol. The lowest BCUT2D eigenvalue weighted by atomic mass is 10.2. The molecule has 0 heterocycles. The highest BCUT2D eigenvalue weighted by Crippen LogP contribution is 2.11. The van der Waals surface area contributed by atoms with Crippen LogP contribution in [0.15, 0.2) is 24.3 Å². The Kier molecular flexibility index (Phi) is 5.94. The third-order valence-electron chi connectivity index (χ3n) is 2.84. The fraction of sp³-hybridized carbons (Fsp3) is 0.571. The van der Waals surface area contributed by atoms with Gasteiger partial charge < -0.3 is 10.2 Å². The summed E-state index contributed by atoms with van der Waals surface area (Å²) >= 11 is 0. The van der Waals surface area contributed by atoms with Crippen molar-refractivity contribution in [2.24, 2.45) is 0 Å². The molecule has 0 radical (unpaired) electrons. The minimum atomic E-state index is 1.11. The van der Waals surface area contributed by atoms with Crippen LogP contribution in [0.5, 0.6) is 0 Å². The van der Waals surface area contributed by atoms with Crippen molar-refractivity contribution in [2.75, 3.05) is 25.5 Å². The lowest BCUT2D eigenvalue weighted by Crippen LogP contribution is -2.82. The van der Waals surface area contributed by atoms with Crippen LogP contribution in [0.1, 0.15) is 31.7 Å². The summed E-state index contributed by atoms with van der Waals surface area (Å²) in [7, 11) is 4.15. The van der Waals surface area contributed by atoms with Crippen molar-refractivity contribution in [3.63, 3.8) is 0 Å². The lowest BCUT2D eigenvalue weighted by molar-refractivity contribution is -0.671. The first-order valence-electron chi connectivity index (χ1n) is 6.32. The number of nitrogens with zero attached hydrogens (tertiary/aromatic N) is 1. The molecule has 2 nitrogen and oxygen atoms in total. The molecule has 16 heavy (non-hydrogen) atoms. The Bertz CT molecular complexity index is 277. The van der Waals surface area contributed by atoms with Crippen molar-refractivity contribution in [3.05, 3.63) is 29.8 Å². The summed E-state index contributed by atoms with van der Waals surface area (Å²) in [5.41, 5.74) is 2.69. The van der Waals surface area contributed by atoms with Gasteiger partial charge in [-0.25, -0.2) is 0 Å². The summed E-state index contributed by atoms with van der Waals surface area (Å²) < 4.78 is 0. The quantitative estimate of drug-likeness (QED) is 0.698. The normalized spacial score (nSPS) is 10.4. The van der Waals surface area contributed by atoms with Crippen LogP contribution in [0.4, 0.5) is 5.69 Å². The van der Waals surface area contributed by atoms with Crippen LogP contribution in [-0.2, 0) is 6.54 Å². The van der Waals surface area contributed by atoms with Crippen LogP contribution >= 0.6 is 0 Å². The second-order valence-electron chi connectivity index (χ2n) is 4.55. The Morgan fingerprint density at radius 2 is 1.75 bits per heavy atom. The Labute approximate surface area is 99.7 Å². The number of benzene rings is 1. The predicted molar refractivity (Wildman–Crippen MR) is 70.8 cm³/mol. The number of hydrogen-bond donors (Lipinski definition) is 1. The summed E-state index contributed by atoms with van der Waals surface area (Å²) in [6, 6.07) is 8.84. The molecule has 0 saturated carbocycles. The second-order valence-corrected chi connectivity index (χ2v) is 4.55. The Hall–Kier alpha value is -1.02. The van der Waals surface area contributed by atoms with Crippen LogP contribution in [0, 0.1) is 0 Å². The molecule has 1 aromatic rings. The third-order valence-corrected chi connectivity index (χ3v) is 2.84. The molecule has 0 aliphatic rings. The Morgan fingerprint density at radius 3 is 2.31 bits per heavy atom. The number of unbranched alkanes of at least 4 members (excludes halogenated alkanes) is 2. The SMILES string of the molecule is CCCCC[NH2+]Cc1ccc(N(C)C)cc1. The number of anilines is 1. The summed E-state index contributed by atoms with van der Waals surface area (Å²) in [6.07, 6.45) is 4.01. The van der Waals surface area contributed by atoms with Gasteiger partial charge in [-0.05, 0) is 25.0 Å². The van der Waals surface area contributed by atoms with Crippen molar-refractivity contribution in [2.45, 2.75) is 32.7 Å². The van der Waals surface area contributed by atoms with Crippen LogP contribution in [0.3, 0.4) is 0 Å². The first kappa shape index (κ1) is 13.0. The van der Waals surface area contributed by atoms with Crippen LogP contribution in [0.2, 0.25) is 0 Å². The highest BCUT2D eigenvalue weighted by atomic mass is 15.1. The molecule has 0 unspecified atom stereocenters. The number of hydrogen-bond acceptors (Lipinski definition) is 1. The zero-order valence-electron chi connectivity index (χ0n) is 10.9. The molecule has 2 heteroatoms.